The third-order valence-corrected chi connectivity index (χ3v) is 6.43. The summed E-state index contributed by atoms with van der Waals surface area (Å²) in [6.45, 7) is 4.00. The fourth-order valence-corrected chi connectivity index (χ4v) is 4.34. The van der Waals surface area contributed by atoms with Crippen LogP contribution in [-0.4, -0.2) is 43.4 Å². The molecule has 148 valence electrons. The highest BCUT2D eigenvalue weighted by Gasteiger charge is 2.28. The van der Waals surface area contributed by atoms with Gasteiger partial charge in [0.25, 0.3) is 0 Å². The molecule has 1 aromatic carbocycles. The van der Waals surface area contributed by atoms with Crippen molar-refractivity contribution in [1.82, 2.24) is 24.8 Å². The van der Waals surface area contributed by atoms with Gasteiger partial charge >= 0.3 is 0 Å². The first kappa shape index (κ1) is 17.0. The van der Waals surface area contributed by atoms with Crippen LogP contribution in [-0.2, 0) is 0 Å². The van der Waals surface area contributed by atoms with E-state index in [0.717, 1.165) is 54.2 Å². The number of H-pyrrole nitrogens is 1. The average Bonchev–Trinajstić information content (AvgIpc) is 3.33. The van der Waals surface area contributed by atoms with Crippen LogP contribution in [0.15, 0.2) is 36.5 Å². The summed E-state index contributed by atoms with van der Waals surface area (Å²) in [6, 6.07) is 10.6. The highest BCUT2D eigenvalue weighted by atomic mass is 15.3. The van der Waals surface area contributed by atoms with E-state index < -0.39 is 0 Å². The maximum atomic E-state index is 6.30. The lowest BCUT2D eigenvalue weighted by atomic mass is 9.91. The Labute approximate surface area is 168 Å². The molecule has 1 aliphatic carbocycles. The van der Waals surface area contributed by atoms with Crippen molar-refractivity contribution in [2.24, 2.45) is 5.73 Å². The van der Waals surface area contributed by atoms with Crippen molar-refractivity contribution in [3.63, 3.8) is 0 Å². The number of rotatable bonds is 3. The molecule has 0 spiro atoms. The van der Waals surface area contributed by atoms with E-state index in [1.165, 1.54) is 23.9 Å². The number of hydrogen-bond donors (Lipinski definition) is 2. The van der Waals surface area contributed by atoms with Crippen molar-refractivity contribution in [2.45, 2.75) is 44.1 Å². The van der Waals surface area contributed by atoms with Crippen LogP contribution in [0, 0.1) is 0 Å². The second kappa shape index (κ2) is 6.03. The molecule has 2 aliphatic rings. The normalized spacial score (nSPS) is 19.3. The van der Waals surface area contributed by atoms with E-state index in [-0.39, 0.29) is 5.54 Å². The number of fused-ring (bicyclic) bond motifs is 2. The predicted octanol–water partition coefficient (Wildman–Crippen LogP) is 3.47. The molecule has 0 bridgehead atoms. The van der Waals surface area contributed by atoms with Gasteiger partial charge in [0.15, 0.2) is 5.65 Å². The molecule has 0 radical (unpaired) electrons. The molecule has 0 atom stereocenters. The van der Waals surface area contributed by atoms with Crippen molar-refractivity contribution in [2.75, 3.05) is 18.0 Å². The Morgan fingerprint density at radius 3 is 2.76 bits per heavy atom. The third kappa shape index (κ3) is 2.88. The van der Waals surface area contributed by atoms with Crippen LogP contribution >= 0.6 is 0 Å². The van der Waals surface area contributed by atoms with Crippen LogP contribution in [0.4, 0.5) is 5.82 Å². The molecule has 1 aliphatic heterocycles. The second-order valence-electron chi connectivity index (χ2n) is 8.89. The topological polar surface area (TPSA) is 88.1 Å². The Morgan fingerprint density at radius 2 is 1.97 bits per heavy atom. The summed E-state index contributed by atoms with van der Waals surface area (Å²) in [5.41, 5.74) is 11.5. The van der Waals surface area contributed by atoms with E-state index in [1.54, 1.807) is 0 Å². The van der Waals surface area contributed by atoms with Crippen molar-refractivity contribution < 1.29 is 0 Å². The van der Waals surface area contributed by atoms with Gasteiger partial charge in [-0.15, -0.1) is 5.10 Å². The molecule has 7 heteroatoms. The molecule has 3 N–H and O–H groups in total. The molecule has 0 unspecified atom stereocenters. The molecular formula is C22H25N7. The first-order valence-corrected chi connectivity index (χ1v) is 10.4. The highest BCUT2D eigenvalue weighted by Crippen LogP contribution is 2.42. The maximum Gasteiger partial charge on any atom is 0.154 e. The zero-order valence-corrected chi connectivity index (χ0v) is 16.6. The molecule has 1 saturated carbocycles. The quantitative estimate of drug-likeness (QED) is 0.562. The van der Waals surface area contributed by atoms with Crippen LogP contribution in [0.5, 0.6) is 0 Å². The van der Waals surface area contributed by atoms with Gasteiger partial charge in [-0.05, 0) is 56.9 Å². The number of piperidine rings is 1. The smallest absolute Gasteiger partial charge is 0.154 e. The van der Waals surface area contributed by atoms with Crippen molar-refractivity contribution in [1.29, 1.82) is 0 Å². The number of nitrogens with one attached hydrogen (secondary N) is 1. The number of imidazole rings is 1. The van der Waals surface area contributed by atoms with Gasteiger partial charge in [0.1, 0.15) is 5.82 Å². The minimum atomic E-state index is -0.0694. The molecule has 7 nitrogen and oxygen atoms in total. The number of nitrogens with zero attached hydrogens (tertiary/aromatic N) is 5. The number of benzene rings is 1. The third-order valence-electron chi connectivity index (χ3n) is 6.43. The van der Waals surface area contributed by atoms with Crippen molar-refractivity contribution in [3.8, 4) is 11.3 Å². The van der Waals surface area contributed by atoms with Gasteiger partial charge in [-0.1, -0.05) is 6.07 Å². The molecule has 4 aromatic rings. The number of hydrogen-bond acceptors (Lipinski definition) is 5. The Hall–Kier alpha value is -2.93. The summed E-state index contributed by atoms with van der Waals surface area (Å²) in [6.07, 6.45) is 6.34. The molecule has 1 saturated heterocycles. The first-order chi connectivity index (χ1) is 14.1. The summed E-state index contributed by atoms with van der Waals surface area (Å²) in [5, 5.41) is 13.9. The van der Waals surface area contributed by atoms with Crippen molar-refractivity contribution in [3.05, 3.63) is 42.2 Å². The van der Waals surface area contributed by atoms with E-state index in [9.17, 15) is 0 Å². The SMILES string of the molecule is CC1(N)CCN(c2ccc3ncc(-c4ccc5[nH]nc(C6CC6)c5c4)n3n2)CC1. The average molecular weight is 387 g/mol. The number of anilines is 1. The van der Waals surface area contributed by atoms with Gasteiger partial charge < -0.3 is 10.6 Å². The van der Waals surface area contributed by atoms with Gasteiger partial charge in [-0.3, -0.25) is 5.10 Å². The molecule has 29 heavy (non-hydrogen) atoms. The number of nitrogens with two attached hydrogens (primary N) is 1. The van der Waals surface area contributed by atoms with Crippen LogP contribution in [0.25, 0.3) is 27.8 Å². The van der Waals surface area contributed by atoms with Crippen LogP contribution in [0.1, 0.15) is 44.2 Å². The lowest BCUT2D eigenvalue weighted by molar-refractivity contribution is 0.362. The summed E-state index contributed by atoms with van der Waals surface area (Å²) >= 11 is 0. The maximum absolute atomic E-state index is 6.30. The molecule has 6 rings (SSSR count). The largest absolute Gasteiger partial charge is 0.355 e. The van der Waals surface area contributed by atoms with Crippen LogP contribution in [0.2, 0.25) is 0 Å². The van der Waals surface area contributed by atoms with Gasteiger partial charge in [-0.25, -0.2) is 9.50 Å². The Balaban J connectivity index is 1.40. The molecular weight excluding hydrogens is 362 g/mol. The van der Waals surface area contributed by atoms with Crippen LogP contribution < -0.4 is 10.6 Å². The lowest BCUT2D eigenvalue weighted by Crippen LogP contribution is -2.48. The predicted molar refractivity (Wildman–Crippen MR) is 114 cm³/mol. The monoisotopic (exact) mass is 387 g/mol. The summed E-state index contributed by atoms with van der Waals surface area (Å²) in [7, 11) is 0. The molecule has 0 amide bonds. The molecule has 2 fully saturated rings. The number of aromatic nitrogens is 5. The standard InChI is InChI=1S/C22H25N7/c1-22(23)8-10-28(11-9-22)20-7-6-19-24-13-18(29(19)27-20)15-4-5-17-16(12-15)21(26-25-17)14-2-3-14/h4-7,12-14H,2-3,8-11,23H2,1H3,(H,25,26). The van der Waals surface area contributed by atoms with Gasteiger partial charge in [0.05, 0.1) is 23.1 Å². The Bertz CT molecular complexity index is 1200. The summed E-state index contributed by atoms with van der Waals surface area (Å²) < 4.78 is 1.96. The van der Waals surface area contributed by atoms with Gasteiger partial charge in [0, 0.05) is 35.5 Å². The second-order valence-corrected chi connectivity index (χ2v) is 8.89. The van der Waals surface area contributed by atoms with E-state index in [2.05, 4.69) is 51.3 Å². The first-order valence-electron chi connectivity index (χ1n) is 10.4. The Morgan fingerprint density at radius 1 is 1.14 bits per heavy atom. The summed E-state index contributed by atoms with van der Waals surface area (Å²) in [5.74, 6) is 1.59. The van der Waals surface area contributed by atoms with Crippen LogP contribution in [0.3, 0.4) is 0 Å². The zero-order valence-electron chi connectivity index (χ0n) is 16.6. The molecule has 4 heterocycles. The fraction of sp³-hybridized carbons (Fsp3) is 0.409. The number of aromatic amines is 1. The fourth-order valence-electron chi connectivity index (χ4n) is 4.34. The van der Waals surface area contributed by atoms with E-state index in [1.807, 2.05) is 16.8 Å². The van der Waals surface area contributed by atoms with Gasteiger partial charge in [0.2, 0.25) is 0 Å². The van der Waals surface area contributed by atoms with Crippen molar-refractivity contribution >= 4 is 22.4 Å². The minimum absolute atomic E-state index is 0.0694. The molecule has 3 aromatic heterocycles. The zero-order chi connectivity index (χ0) is 19.6. The van der Waals surface area contributed by atoms with E-state index in [0.29, 0.717) is 5.92 Å². The lowest BCUT2D eigenvalue weighted by Gasteiger charge is -2.37. The van der Waals surface area contributed by atoms with E-state index in [4.69, 9.17) is 10.8 Å². The highest BCUT2D eigenvalue weighted by molar-refractivity contribution is 5.87. The van der Waals surface area contributed by atoms with Gasteiger partial charge in [-0.2, -0.15) is 5.10 Å². The minimum Gasteiger partial charge on any atom is -0.355 e. The summed E-state index contributed by atoms with van der Waals surface area (Å²) in [4.78, 5) is 6.90. The Kier molecular flexibility index (Phi) is 3.53. The van der Waals surface area contributed by atoms with E-state index >= 15 is 0 Å².